The monoisotopic (exact) mass is 300 g/mol. The van der Waals surface area contributed by atoms with Crippen molar-refractivity contribution in [2.24, 2.45) is 0 Å². The Balaban J connectivity index is 2.57. The third-order valence-electron chi connectivity index (χ3n) is 3.72. The van der Waals surface area contributed by atoms with Crippen LogP contribution in [-0.2, 0) is 17.8 Å². The molecule has 0 radical (unpaired) electrons. The Morgan fingerprint density at radius 1 is 1.45 bits per heavy atom. The molecule has 0 saturated heterocycles. The van der Waals surface area contributed by atoms with Gasteiger partial charge in [-0.15, -0.1) is 0 Å². The number of aliphatic carboxylic acids is 1. The van der Waals surface area contributed by atoms with Gasteiger partial charge in [0.25, 0.3) is 5.56 Å². The van der Waals surface area contributed by atoms with Gasteiger partial charge in [0.05, 0.1) is 12.8 Å². The Labute approximate surface area is 127 Å². The fourth-order valence-electron chi connectivity index (χ4n) is 2.51. The number of nitrogens with zero attached hydrogens (tertiary/aromatic N) is 2. The van der Waals surface area contributed by atoms with E-state index in [1.807, 2.05) is 6.07 Å². The number of hydrogen-bond acceptors (Lipinski definition) is 4. The van der Waals surface area contributed by atoms with E-state index in [0.717, 1.165) is 5.56 Å². The second kappa shape index (κ2) is 6.31. The van der Waals surface area contributed by atoms with Crippen LogP contribution >= 0.6 is 0 Å². The molecule has 0 atom stereocenters. The van der Waals surface area contributed by atoms with Crippen molar-refractivity contribution in [3.63, 3.8) is 0 Å². The molecule has 0 fully saturated rings. The number of aromatic nitrogens is 1. The summed E-state index contributed by atoms with van der Waals surface area (Å²) in [4.78, 5) is 23.3. The average Bonchev–Trinajstić information content (AvgIpc) is 2.96. The van der Waals surface area contributed by atoms with Gasteiger partial charge in [0.1, 0.15) is 17.4 Å². The van der Waals surface area contributed by atoms with Crippen LogP contribution in [0.3, 0.4) is 0 Å². The molecule has 114 valence electrons. The molecule has 0 aromatic carbocycles. The number of nitriles is 1. The summed E-state index contributed by atoms with van der Waals surface area (Å²) in [5, 5.41) is 18.1. The highest BCUT2D eigenvalue weighted by Crippen LogP contribution is 2.18. The van der Waals surface area contributed by atoms with Crippen LogP contribution in [0.1, 0.15) is 34.6 Å². The zero-order chi connectivity index (χ0) is 16.3. The summed E-state index contributed by atoms with van der Waals surface area (Å²) >= 11 is 0. The van der Waals surface area contributed by atoms with Crippen LogP contribution in [0.15, 0.2) is 27.6 Å². The summed E-state index contributed by atoms with van der Waals surface area (Å²) in [6.45, 7) is 3.66. The summed E-state index contributed by atoms with van der Waals surface area (Å²) < 4.78 is 6.71. The Hall–Kier alpha value is -2.81. The zero-order valence-corrected chi connectivity index (χ0v) is 12.4. The molecule has 0 unspecified atom stereocenters. The van der Waals surface area contributed by atoms with Crippen LogP contribution in [0.5, 0.6) is 0 Å². The lowest BCUT2D eigenvalue weighted by atomic mass is 9.98. The fraction of sp³-hybridized carbons (Fsp3) is 0.312. The molecule has 22 heavy (non-hydrogen) atoms. The van der Waals surface area contributed by atoms with Crippen LogP contribution in [-0.4, -0.2) is 15.6 Å². The highest BCUT2D eigenvalue weighted by molar-refractivity contribution is 5.67. The van der Waals surface area contributed by atoms with E-state index < -0.39 is 5.97 Å². The number of carboxylic acid groups (broad SMARTS) is 1. The van der Waals surface area contributed by atoms with Gasteiger partial charge in [0, 0.05) is 12.1 Å². The van der Waals surface area contributed by atoms with Gasteiger partial charge in [-0.05, 0) is 43.5 Å². The summed E-state index contributed by atoms with van der Waals surface area (Å²) in [5.74, 6) is -0.316. The predicted octanol–water partition coefficient (Wildman–Crippen LogP) is 2.00. The van der Waals surface area contributed by atoms with Crippen molar-refractivity contribution >= 4 is 5.97 Å². The molecule has 6 nitrogen and oxygen atoms in total. The largest absolute Gasteiger partial charge is 0.481 e. The van der Waals surface area contributed by atoms with Crippen molar-refractivity contribution in [1.82, 2.24) is 4.57 Å². The molecule has 1 N–H and O–H groups in total. The Morgan fingerprint density at radius 2 is 2.18 bits per heavy atom. The van der Waals surface area contributed by atoms with E-state index in [4.69, 9.17) is 9.52 Å². The van der Waals surface area contributed by atoms with E-state index in [9.17, 15) is 14.9 Å². The van der Waals surface area contributed by atoms with Crippen LogP contribution in [0.2, 0.25) is 0 Å². The second-order valence-electron chi connectivity index (χ2n) is 5.04. The normalized spacial score (nSPS) is 10.4. The lowest BCUT2D eigenvalue weighted by molar-refractivity contribution is -0.136. The summed E-state index contributed by atoms with van der Waals surface area (Å²) in [6.07, 6.45) is 1.74. The van der Waals surface area contributed by atoms with Crippen molar-refractivity contribution in [2.75, 3.05) is 0 Å². The SMILES string of the molecule is Cc1c(CCC(=O)O)c(C)n(Cc2ccco2)c(=O)c1C#N. The molecule has 0 aliphatic rings. The minimum atomic E-state index is -0.916. The third kappa shape index (κ3) is 2.93. The van der Waals surface area contributed by atoms with E-state index in [1.54, 1.807) is 26.0 Å². The maximum Gasteiger partial charge on any atom is 0.303 e. The van der Waals surface area contributed by atoms with Gasteiger partial charge in [0.2, 0.25) is 0 Å². The Morgan fingerprint density at radius 3 is 2.73 bits per heavy atom. The van der Waals surface area contributed by atoms with Gasteiger partial charge in [-0.25, -0.2) is 0 Å². The van der Waals surface area contributed by atoms with E-state index >= 15 is 0 Å². The number of furan rings is 1. The molecule has 2 aromatic heterocycles. The molecule has 0 saturated carbocycles. The van der Waals surface area contributed by atoms with Crippen molar-refractivity contribution in [3.8, 4) is 6.07 Å². The molecular weight excluding hydrogens is 284 g/mol. The second-order valence-corrected chi connectivity index (χ2v) is 5.04. The molecule has 0 amide bonds. The summed E-state index contributed by atoms with van der Waals surface area (Å²) in [5.41, 5.74) is 1.62. The number of carboxylic acids is 1. The molecule has 0 spiro atoms. The fourth-order valence-corrected chi connectivity index (χ4v) is 2.51. The van der Waals surface area contributed by atoms with Gasteiger partial charge in [-0.2, -0.15) is 5.26 Å². The molecule has 0 bridgehead atoms. The maximum absolute atomic E-state index is 12.4. The van der Waals surface area contributed by atoms with Gasteiger partial charge >= 0.3 is 5.97 Å². The number of carbonyl (C=O) groups is 1. The highest BCUT2D eigenvalue weighted by atomic mass is 16.4. The molecule has 2 aromatic rings. The van der Waals surface area contributed by atoms with Crippen LogP contribution in [0.25, 0.3) is 0 Å². The predicted molar refractivity (Wildman–Crippen MR) is 78.7 cm³/mol. The highest BCUT2D eigenvalue weighted by Gasteiger charge is 2.18. The molecular formula is C16H16N2O4. The third-order valence-corrected chi connectivity index (χ3v) is 3.72. The molecule has 2 heterocycles. The van der Waals surface area contributed by atoms with E-state index in [0.29, 0.717) is 17.0 Å². The first kappa shape index (κ1) is 15.6. The number of hydrogen-bond donors (Lipinski definition) is 1. The number of rotatable bonds is 5. The molecule has 6 heteroatoms. The van der Waals surface area contributed by atoms with Gasteiger partial charge < -0.3 is 14.1 Å². The standard InChI is InChI=1S/C16H16N2O4/c1-10-13(5-6-15(19)20)11(2)18(16(21)14(10)8-17)9-12-4-3-7-22-12/h3-4,7H,5-6,9H2,1-2H3,(H,19,20). The first-order valence-corrected chi connectivity index (χ1v) is 6.82. The van der Waals surface area contributed by atoms with Crippen molar-refractivity contribution in [3.05, 3.63) is 56.9 Å². The van der Waals surface area contributed by atoms with Crippen molar-refractivity contribution in [2.45, 2.75) is 33.2 Å². The van der Waals surface area contributed by atoms with Crippen molar-refractivity contribution in [1.29, 1.82) is 5.26 Å². The Kier molecular flexibility index (Phi) is 4.47. The minimum Gasteiger partial charge on any atom is -0.481 e. The molecule has 0 aliphatic carbocycles. The van der Waals surface area contributed by atoms with E-state index in [1.165, 1.54) is 10.8 Å². The number of pyridine rings is 1. The van der Waals surface area contributed by atoms with Crippen LogP contribution in [0, 0.1) is 25.2 Å². The van der Waals surface area contributed by atoms with E-state index in [2.05, 4.69) is 0 Å². The quantitative estimate of drug-likeness (QED) is 0.911. The first-order valence-electron chi connectivity index (χ1n) is 6.82. The first-order chi connectivity index (χ1) is 10.5. The molecule has 0 aliphatic heterocycles. The lowest BCUT2D eigenvalue weighted by Gasteiger charge is -2.16. The minimum absolute atomic E-state index is 0.0501. The molecule has 2 rings (SSSR count). The van der Waals surface area contributed by atoms with E-state index in [-0.39, 0.29) is 30.5 Å². The van der Waals surface area contributed by atoms with Gasteiger partial charge in [0.15, 0.2) is 0 Å². The average molecular weight is 300 g/mol. The van der Waals surface area contributed by atoms with Crippen molar-refractivity contribution < 1.29 is 14.3 Å². The summed E-state index contributed by atoms with van der Waals surface area (Å²) in [7, 11) is 0. The van der Waals surface area contributed by atoms with Crippen LogP contribution < -0.4 is 5.56 Å². The Bertz CT molecular complexity index is 795. The van der Waals surface area contributed by atoms with Gasteiger partial charge in [-0.1, -0.05) is 0 Å². The summed E-state index contributed by atoms with van der Waals surface area (Å²) in [6, 6.07) is 5.39. The zero-order valence-electron chi connectivity index (χ0n) is 12.4. The maximum atomic E-state index is 12.4. The van der Waals surface area contributed by atoms with Gasteiger partial charge in [-0.3, -0.25) is 9.59 Å². The topological polar surface area (TPSA) is 96.2 Å². The van der Waals surface area contributed by atoms with Crippen LogP contribution in [0.4, 0.5) is 0 Å². The smallest absolute Gasteiger partial charge is 0.303 e. The lowest BCUT2D eigenvalue weighted by Crippen LogP contribution is -2.28.